The zero-order valence-electron chi connectivity index (χ0n) is 13.9. The van der Waals surface area contributed by atoms with Gasteiger partial charge < -0.3 is 10.4 Å². The van der Waals surface area contributed by atoms with Gasteiger partial charge in [0.05, 0.1) is 5.69 Å². The van der Waals surface area contributed by atoms with E-state index in [4.69, 9.17) is 4.98 Å². The van der Waals surface area contributed by atoms with E-state index >= 15 is 0 Å². The minimum Gasteiger partial charge on any atom is -0.508 e. The van der Waals surface area contributed by atoms with E-state index in [0.717, 1.165) is 28.4 Å². The molecule has 2 N–H and O–H groups in total. The van der Waals surface area contributed by atoms with Crippen LogP contribution < -0.4 is 5.32 Å². The van der Waals surface area contributed by atoms with Crippen LogP contribution in [0.4, 0.5) is 5.13 Å². The van der Waals surface area contributed by atoms with Gasteiger partial charge in [0.1, 0.15) is 5.75 Å². The number of nitrogens with zero attached hydrogens (tertiary/aromatic N) is 1. The number of phenolic OH excluding ortho intramolecular Hbond substituents is 1. The van der Waals surface area contributed by atoms with Crippen LogP contribution in [0, 0.1) is 17.8 Å². The van der Waals surface area contributed by atoms with E-state index in [9.17, 15) is 5.11 Å². The molecule has 0 spiro atoms. The molecule has 1 aromatic heterocycles. The maximum Gasteiger partial charge on any atom is 0.183 e. The number of hydrogen-bond donors (Lipinski definition) is 2. The summed E-state index contributed by atoms with van der Waals surface area (Å²) in [5, 5.41) is 16.6. The number of benzene rings is 1. The number of aromatic nitrogens is 1. The Balaban J connectivity index is 1.33. The van der Waals surface area contributed by atoms with Gasteiger partial charge in [-0.15, -0.1) is 11.3 Å². The van der Waals surface area contributed by atoms with E-state index in [1.807, 2.05) is 18.2 Å². The number of thiazole rings is 1. The quantitative estimate of drug-likeness (QED) is 0.829. The summed E-state index contributed by atoms with van der Waals surface area (Å²) in [5.41, 5.74) is 2.63. The van der Waals surface area contributed by atoms with Gasteiger partial charge in [0, 0.05) is 22.9 Å². The van der Waals surface area contributed by atoms with E-state index < -0.39 is 0 Å². The van der Waals surface area contributed by atoms with Gasteiger partial charge >= 0.3 is 0 Å². The van der Waals surface area contributed by atoms with E-state index in [-0.39, 0.29) is 0 Å². The molecule has 24 heavy (non-hydrogen) atoms. The van der Waals surface area contributed by atoms with Crippen LogP contribution in [0.5, 0.6) is 5.75 Å². The van der Waals surface area contributed by atoms with E-state index in [2.05, 4.69) is 10.7 Å². The Bertz CT molecular complexity index is 718. The normalized spacial score (nSPS) is 33.8. The summed E-state index contributed by atoms with van der Waals surface area (Å²) in [7, 11) is 0. The van der Waals surface area contributed by atoms with Crippen LogP contribution in [0.2, 0.25) is 0 Å². The summed E-state index contributed by atoms with van der Waals surface area (Å²) < 4.78 is 0. The molecule has 4 heteroatoms. The Kier molecular flexibility index (Phi) is 3.37. The molecule has 6 rings (SSSR count). The highest BCUT2D eigenvalue weighted by Gasteiger charge is 2.52. The van der Waals surface area contributed by atoms with Crippen LogP contribution in [0.3, 0.4) is 0 Å². The first-order chi connectivity index (χ1) is 11.7. The number of phenols is 1. The molecule has 1 aromatic carbocycles. The van der Waals surface area contributed by atoms with Crippen LogP contribution in [-0.2, 0) is 12.0 Å². The molecular weight excluding hydrogens is 316 g/mol. The van der Waals surface area contributed by atoms with Gasteiger partial charge in [-0.3, -0.25) is 0 Å². The molecule has 4 bridgehead atoms. The average molecular weight is 340 g/mol. The molecule has 0 unspecified atom stereocenters. The van der Waals surface area contributed by atoms with Gasteiger partial charge in [-0.1, -0.05) is 18.2 Å². The molecule has 3 nitrogen and oxygen atoms in total. The molecule has 4 saturated carbocycles. The second-order valence-corrected chi connectivity index (χ2v) is 9.08. The zero-order valence-corrected chi connectivity index (χ0v) is 14.7. The third-order valence-corrected chi connectivity index (χ3v) is 7.31. The van der Waals surface area contributed by atoms with Crippen LogP contribution in [0.1, 0.15) is 49.8 Å². The van der Waals surface area contributed by atoms with Gasteiger partial charge in [0.15, 0.2) is 5.13 Å². The highest BCUT2D eigenvalue weighted by atomic mass is 32.1. The van der Waals surface area contributed by atoms with Crippen LogP contribution in [0.15, 0.2) is 29.6 Å². The van der Waals surface area contributed by atoms with Gasteiger partial charge in [-0.2, -0.15) is 0 Å². The molecule has 0 atom stereocenters. The molecule has 0 aliphatic heterocycles. The van der Waals surface area contributed by atoms with Crippen molar-refractivity contribution in [2.75, 3.05) is 5.32 Å². The Morgan fingerprint density at radius 1 is 1.08 bits per heavy atom. The average Bonchev–Trinajstić information content (AvgIpc) is 3.03. The van der Waals surface area contributed by atoms with Crippen molar-refractivity contribution in [3.63, 3.8) is 0 Å². The van der Waals surface area contributed by atoms with Crippen molar-refractivity contribution < 1.29 is 5.11 Å². The molecular formula is C20H24N2OS. The largest absolute Gasteiger partial charge is 0.508 e. The number of aromatic hydroxyl groups is 1. The van der Waals surface area contributed by atoms with Crippen molar-refractivity contribution in [2.45, 2.75) is 50.5 Å². The van der Waals surface area contributed by atoms with E-state index in [0.29, 0.717) is 17.7 Å². The molecule has 2 aromatic rings. The van der Waals surface area contributed by atoms with Gasteiger partial charge in [-0.25, -0.2) is 4.98 Å². The highest BCUT2D eigenvalue weighted by molar-refractivity contribution is 7.13. The minimum atomic E-state index is 0.350. The number of para-hydroxylation sites is 1. The second kappa shape index (κ2) is 5.48. The van der Waals surface area contributed by atoms with Crippen molar-refractivity contribution in [2.24, 2.45) is 17.8 Å². The lowest BCUT2D eigenvalue weighted by atomic mass is 9.49. The Hall–Kier alpha value is -1.55. The summed E-state index contributed by atoms with van der Waals surface area (Å²) in [6, 6.07) is 7.50. The fraction of sp³-hybridized carbons (Fsp3) is 0.550. The summed E-state index contributed by atoms with van der Waals surface area (Å²) in [4.78, 5) is 4.97. The summed E-state index contributed by atoms with van der Waals surface area (Å²) in [6.45, 7) is 0.625. The van der Waals surface area contributed by atoms with Crippen molar-refractivity contribution in [3.05, 3.63) is 40.9 Å². The second-order valence-electron chi connectivity index (χ2n) is 8.22. The third-order valence-electron chi connectivity index (χ3n) is 6.51. The fourth-order valence-electron chi connectivity index (χ4n) is 5.85. The Morgan fingerprint density at radius 2 is 1.75 bits per heavy atom. The predicted molar refractivity (Wildman–Crippen MR) is 97.4 cm³/mol. The minimum absolute atomic E-state index is 0.350. The fourth-order valence-corrected chi connectivity index (χ4v) is 6.69. The molecule has 0 radical (unpaired) electrons. The number of anilines is 1. The first-order valence-electron chi connectivity index (χ1n) is 9.17. The standard InChI is InChI=1S/C20H24N2OS/c23-17-4-2-1-3-16(17)11-21-19-22-18(12-24-19)20-8-13-5-14(9-20)7-15(6-13)10-20/h1-4,12-15,23H,5-11H2,(H,21,22). The summed E-state index contributed by atoms with van der Waals surface area (Å²) in [5.74, 6) is 3.21. The smallest absolute Gasteiger partial charge is 0.183 e. The maximum atomic E-state index is 9.89. The lowest BCUT2D eigenvalue weighted by Gasteiger charge is -2.56. The van der Waals surface area contributed by atoms with E-state index in [1.165, 1.54) is 44.2 Å². The lowest BCUT2D eigenvalue weighted by Crippen LogP contribution is -2.48. The maximum absolute atomic E-state index is 9.89. The van der Waals surface area contributed by atoms with Crippen molar-refractivity contribution in [1.29, 1.82) is 0 Å². The lowest BCUT2D eigenvalue weighted by molar-refractivity contribution is -0.00688. The number of rotatable bonds is 4. The molecule has 126 valence electrons. The van der Waals surface area contributed by atoms with Crippen LogP contribution >= 0.6 is 11.3 Å². The molecule has 0 saturated heterocycles. The zero-order chi connectivity index (χ0) is 16.1. The Morgan fingerprint density at radius 3 is 2.42 bits per heavy atom. The van der Waals surface area contributed by atoms with Crippen LogP contribution in [0.25, 0.3) is 0 Å². The summed E-state index contributed by atoms with van der Waals surface area (Å²) >= 11 is 1.72. The van der Waals surface area contributed by atoms with Crippen molar-refractivity contribution in [1.82, 2.24) is 4.98 Å². The first-order valence-corrected chi connectivity index (χ1v) is 10.0. The van der Waals surface area contributed by atoms with Gasteiger partial charge in [0.2, 0.25) is 0 Å². The molecule has 4 fully saturated rings. The predicted octanol–water partition coefficient (Wildman–Crippen LogP) is 4.93. The van der Waals surface area contributed by atoms with Crippen molar-refractivity contribution >= 4 is 16.5 Å². The van der Waals surface area contributed by atoms with Gasteiger partial charge in [0.25, 0.3) is 0 Å². The molecule has 0 amide bonds. The topological polar surface area (TPSA) is 45.1 Å². The monoisotopic (exact) mass is 340 g/mol. The molecule has 4 aliphatic carbocycles. The highest BCUT2D eigenvalue weighted by Crippen LogP contribution is 2.60. The first kappa shape index (κ1) is 14.8. The third kappa shape index (κ3) is 2.43. The number of nitrogens with one attached hydrogen (secondary N) is 1. The van der Waals surface area contributed by atoms with Crippen molar-refractivity contribution in [3.8, 4) is 5.75 Å². The van der Waals surface area contributed by atoms with E-state index in [1.54, 1.807) is 17.4 Å². The summed E-state index contributed by atoms with van der Waals surface area (Å²) in [6.07, 6.45) is 8.51. The Labute approximate surface area is 147 Å². The molecule has 4 aliphatic rings. The number of hydrogen-bond acceptors (Lipinski definition) is 4. The van der Waals surface area contributed by atoms with Crippen LogP contribution in [-0.4, -0.2) is 10.1 Å². The van der Waals surface area contributed by atoms with Gasteiger partial charge in [-0.05, 0) is 62.3 Å². The molecule has 1 heterocycles. The SMILES string of the molecule is Oc1ccccc1CNc1nc(C23CC4CC(CC(C4)C2)C3)cs1.